The molecule has 3 heteroatoms. The van der Waals surface area contributed by atoms with Gasteiger partial charge in [0.25, 0.3) is 0 Å². The van der Waals surface area contributed by atoms with Gasteiger partial charge in [0, 0.05) is 0 Å². The van der Waals surface area contributed by atoms with Gasteiger partial charge >= 0.3 is 5.97 Å². The van der Waals surface area contributed by atoms with E-state index in [1.807, 2.05) is 6.92 Å². The van der Waals surface area contributed by atoms with Gasteiger partial charge in [-0.15, -0.1) is 0 Å². The smallest absolute Gasteiger partial charge is 0.309 e. The normalized spacial score (nSPS) is 28.8. The fourth-order valence-corrected chi connectivity index (χ4v) is 1.88. The molecule has 1 aliphatic carbocycles. The Hall–Kier alpha value is -0.570. The lowest BCUT2D eigenvalue weighted by Crippen LogP contribution is -2.26. The van der Waals surface area contributed by atoms with Gasteiger partial charge < -0.3 is 10.5 Å². The van der Waals surface area contributed by atoms with Gasteiger partial charge in [0.15, 0.2) is 0 Å². The molecule has 0 aromatic rings. The van der Waals surface area contributed by atoms with Gasteiger partial charge in [-0.3, -0.25) is 4.79 Å². The van der Waals surface area contributed by atoms with E-state index in [0.29, 0.717) is 19.1 Å². The summed E-state index contributed by atoms with van der Waals surface area (Å²) in [6.07, 6.45) is 3.16. The van der Waals surface area contributed by atoms with Crippen molar-refractivity contribution in [3.63, 3.8) is 0 Å². The minimum Gasteiger partial charge on any atom is -0.466 e. The highest BCUT2D eigenvalue weighted by atomic mass is 16.5. The highest BCUT2D eigenvalue weighted by Gasteiger charge is 2.32. The molecule has 0 heterocycles. The molecule has 2 atom stereocenters. The van der Waals surface area contributed by atoms with E-state index >= 15 is 0 Å². The van der Waals surface area contributed by atoms with Gasteiger partial charge in [-0.2, -0.15) is 0 Å². The topological polar surface area (TPSA) is 52.3 Å². The van der Waals surface area contributed by atoms with Crippen molar-refractivity contribution in [1.82, 2.24) is 0 Å². The average molecular weight is 171 g/mol. The summed E-state index contributed by atoms with van der Waals surface area (Å²) in [6.45, 7) is 2.93. The molecule has 0 radical (unpaired) electrons. The zero-order valence-corrected chi connectivity index (χ0v) is 7.58. The van der Waals surface area contributed by atoms with E-state index in [0.717, 1.165) is 19.3 Å². The van der Waals surface area contributed by atoms with E-state index in [1.165, 1.54) is 0 Å². The van der Waals surface area contributed by atoms with Crippen LogP contribution >= 0.6 is 0 Å². The number of nitrogens with two attached hydrogens (primary N) is 1. The molecular weight excluding hydrogens is 154 g/mol. The SMILES string of the molecule is CCOC(=O)[C@H]1CCC[C@H]1CN. The number of carbonyl (C=O) groups excluding carboxylic acids is 1. The van der Waals surface area contributed by atoms with Crippen LogP contribution in [0.2, 0.25) is 0 Å². The van der Waals surface area contributed by atoms with Crippen LogP contribution < -0.4 is 5.73 Å². The second kappa shape index (κ2) is 4.45. The van der Waals surface area contributed by atoms with Crippen molar-refractivity contribution in [1.29, 1.82) is 0 Å². The monoisotopic (exact) mass is 171 g/mol. The van der Waals surface area contributed by atoms with Crippen LogP contribution in [0.5, 0.6) is 0 Å². The van der Waals surface area contributed by atoms with Crippen molar-refractivity contribution in [2.24, 2.45) is 17.6 Å². The number of carbonyl (C=O) groups is 1. The van der Waals surface area contributed by atoms with Crippen LogP contribution in [0.15, 0.2) is 0 Å². The molecule has 0 unspecified atom stereocenters. The molecule has 0 aromatic carbocycles. The molecule has 0 saturated heterocycles. The molecule has 12 heavy (non-hydrogen) atoms. The first-order chi connectivity index (χ1) is 5.79. The van der Waals surface area contributed by atoms with Gasteiger partial charge in [0.05, 0.1) is 12.5 Å². The Morgan fingerprint density at radius 1 is 1.58 bits per heavy atom. The van der Waals surface area contributed by atoms with Gasteiger partial charge in [-0.1, -0.05) is 6.42 Å². The Balaban J connectivity index is 2.43. The third kappa shape index (κ3) is 1.97. The Kier molecular flexibility index (Phi) is 3.53. The molecule has 0 amide bonds. The fourth-order valence-electron chi connectivity index (χ4n) is 1.88. The van der Waals surface area contributed by atoms with Gasteiger partial charge in [-0.05, 0) is 32.2 Å². The molecule has 3 nitrogen and oxygen atoms in total. The van der Waals surface area contributed by atoms with Crippen LogP contribution in [0.4, 0.5) is 0 Å². The van der Waals surface area contributed by atoms with Crippen LogP contribution in [-0.2, 0) is 9.53 Å². The molecular formula is C9H17NO2. The number of hydrogen-bond donors (Lipinski definition) is 1. The number of ether oxygens (including phenoxy) is 1. The molecule has 0 bridgehead atoms. The fraction of sp³-hybridized carbons (Fsp3) is 0.889. The van der Waals surface area contributed by atoms with Crippen molar-refractivity contribution in [3.8, 4) is 0 Å². The van der Waals surface area contributed by atoms with E-state index in [2.05, 4.69) is 0 Å². The zero-order chi connectivity index (χ0) is 8.97. The minimum atomic E-state index is -0.0505. The van der Waals surface area contributed by atoms with Gasteiger partial charge in [0.1, 0.15) is 0 Å². The van der Waals surface area contributed by atoms with Crippen LogP contribution in [0.3, 0.4) is 0 Å². The van der Waals surface area contributed by atoms with E-state index in [1.54, 1.807) is 0 Å². The largest absolute Gasteiger partial charge is 0.466 e. The molecule has 70 valence electrons. The molecule has 0 aliphatic heterocycles. The Morgan fingerprint density at radius 3 is 2.92 bits per heavy atom. The van der Waals surface area contributed by atoms with Crippen LogP contribution in [0.1, 0.15) is 26.2 Å². The standard InChI is InChI=1S/C9H17NO2/c1-2-12-9(11)8-5-3-4-7(8)6-10/h7-8H,2-6,10H2,1H3/t7-,8-/m0/s1. The first-order valence-electron chi connectivity index (χ1n) is 4.66. The predicted molar refractivity (Wildman–Crippen MR) is 46.5 cm³/mol. The summed E-state index contributed by atoms with van der Waals surface area (Å²) in [6, 6.07) is 0. The molecule has 1 saturated carbocycles. The van der Waals surface area contributed by atoms with E-state index in [-0.39, 0.29) is 11.9 Å². The summed E-state index contributed by atoms with van der Waals surface area (Å²) in [5.74, 6) is 0.393. The molecule has 0 aromatic heterocycles. The summed E-state index contributed by atoms with van der Waals surface area (Å²) in [5.41, 5.74) is 5.55. The van der Waals surface area contributed by atoms with Crippen molar-refractivity contribution < 1.29 is 9.53 Å². The quantitative estimate of drug-likeness (QED) is 0.642. The van der Waals surface area contributed by atoms with Gasteiger partial charge in [-0.25, -0.2) is 0 Å². The average Bonchev–Trinajstić information content (AvgIpc) is 2.51. The molecule has 1 aliphatic rings. The van der Waals surface area contributed by atoms with Crippen molar-refractivity contribution >= 4 is 5.97 Å². The first kappa shape index (κ1) is 9.52. The van der Waals surface area contributed by atoms with Crippen LogP contribution in [0.25, 0.3) is 0 Å². The molecule has 1 rings (SSSR count). The second-order valence-electron chi connectivity index (χ2n) is 3.29. The lowest BCUT2D eigenvalue weighted by atomic mass is 9.96. The van der Waals surface area contributed by atoms with Gasteiger partial charge in [0.2, 0.25) is 0 Å². The predicted octanol–water partition coefficient (Wildman–Crippen LogP) is 0.924. The summed E-state index contributed by atoms with van der Waals surface area (Å²) >= 11 is 0. The van der Waals surface area contributed by atoms with E-state index < -0.39 is 0 Å². The highest BCUT2D eigenvalue weighted by Crippen LogP contribution is 2.31. The third-order valence-corrected chi connectivity index (χ3v) is 2.55. The Bertz CT molecular complexity index is 159. The lowest BCUT2D eigenvalue weighted by Gasteiger charge is -2.15. The van der Waals surface area contributed by atoms with Crippen molar-refractivity contribution in [2.45, 2.75) is 26.2 Å². The Morgan fingerprint density at radius 2 is 2.33 bits per heavy atom. The van der Waals surface area contributed by atoms with E-state index in [4.69, 9.17) is 10.5 Å². The van der Waals surface area contributed by atoms with Crippen LogP contribution in [-0.4, -0.2) is 19.1 Å². The Labute approximate surface area is 73.3 Å². The third-order valence-electron chi connectivity index (χ3n) is 2.55. The number of esters is 1. The maximum Gasteiger partial charge on any atom is 0.309 e. The summed E-state index contributed by atoms with van der Waals surface area (Å²) in [4.78, 5) is 11.3. The summed E-state index contributed by atoms with van der Waals surface area (Å²) < 4.78 is 4.96. The number of rotatable bonds is 3. The van der Waals surface area contributed by atoms with Crippen LogP contribution in [0, 0.1) is 11.8 Å². The molecule has 0 spiro atoms. The molecule has 1 fully saturated rings. The summed E-state index contributed by atoms with van der Waals surface area (Å²) in [7, 11) is 0. The van der Waals surface area contributed by atoms with Crippen molar-refractivity contribution in [3.05, 3.63) is 0 Å². The summed E-state index contributed by atoms with van der Waals surface area (Å²) in [5, 5.41) is 0. The second-order valence-corrected chi connectivity index (χ2v) is 3.29. The minimum absolute atomic E-state index is 0.0505. The lowest BCUT2D eigenvalue weighted by molar-refractivity contribution is -0.149. The highest BCUT2D eigenvalue weighted by molar-refractivity contribution is 5.73. The van der Waals surface area contributed by atoms with Crippen molar-refractivity contribution in [2.75, 3.05) is 13.2 Å². The zero-order valence-electron chi connectivity index (χ0n) is 7.58. The van der Waals surface area contributed by atoms with E-state index in [9.17, 15) is 4.79 Å². The molecule has 2 N–H and O–H groups in total. The number of hydrogen-bond acceptors (Lipinski definition) is 3. The maximum atomic E-state index is 11.3. The first-order valence-corrected chi connectivity index (χ1v) is 4.66. The maximum absolute atomic E-state index is 11.3.